The molecule has 0 spiro atoms. The van der Waals surface area contributed by atoms with Crippen LogP contribution in [0.15, 0.2) is 41.8 Å². The van der Waals surface area contributed by atoms with E-state index < -0.39 is 16.7 Å². The van der Waals surface area contributed by atoms with Gasteiger partial charge < -0.3 is 11.1 Å². The molecule has 0 unspecified atom stereocenters. The van der Waals surface area contributed by atoms with Crippen LogP contribution in [0, 0.1) is 10.1 Å². The molecule has 8 heteroatoms. The third-order valence-corrected chi connectivity index (χ3v) is 3.53. The Morgan fingerprint density at radius 2 is 1.91 bits per heavy atom. The number of carbonyl (C=O) groups is 2. The molecule has 22 heavy (non-hydrogen) atoms. The topological polar surface area (TPSA) is 115 Å². The number of benzene rings is 1. The minimum absolute atomic E-state index is 0.0220. The molecule has 0 aliphatic carbocycles. The normalized spacial score (nSPS) is 10.5. The van der Waals surface area contributed by atoms with E-state index in [1.807, 2.05) is 0 Å². The van der Waals surface area contributed by atoms with Crippen LogP contribution in [0.25, 0.3) is 6.08 Å². The third kappa shape index (κ3) is 3.76. The summed E-state index contributed by atoms with van der Waals surface area (Å²) in [6.07, 6.45) is 2.78. The van der Waals surface area contributed by atoms with Crippen LogP contribution in [-0.4, -0.2) is 16.7 Å². The monoisotopic (exact) mass is 317 g/mol. The summed E-state index contributed by atoms with van der Waals surface area (Å²) in [5.74, 6) is -1.04. The van der Waals surface area contributed by atoms with Gasteiger partial charge in [0.05, 0.1) is 10.5 Å². The van der Waals surface area contributed by atoms with E-state index in [0.717, 1.165) is 0 Å². The maximum Gasteiger partial charge on any atom is 0.269 e. The van der Waals surface area contributed by atoms with E-state index in [1.54, 1.807) is 5.38 Å². The van der Waals surface area contributed by atoms with Gasteiger partial charge in [0, 0.05) is 18.2 Å². The van der Waals surface area contributed by atoms with Gasteiger partial charge in [-0.3, -0.25) is 19.7 Å². The third-order valence-electron chi connectivity index (χ3n) is 2.70. The lowest BCUT2D eigenvalue weighted by molar-refractivity contribution is -0.384. The molecule has 0 fully saturated rings. The van der Waals surface area contributed by atoms with Gasteiger partial charge in [-0.2, -0.15) is 0 Å². The highest BCUT2D eigenvalue weighted by atomic mass is 32.1. The molecule has 1 heterocycles. The van der Waals surface area contributed by atoms with Gasteiger partial charge in [-0.25, -0.2) is 0 Å². The quantitative estimate of drug-likeness (QED) is 0.500. The predicted octanol–water partition coefficient (Wildman–Crippen LogP) is 2.41. The van der Waals surface area contributed by atoms with Gasteiger partial charge >= 0.3 is 0 Å². The molecule has 2 aromatic rings. The van der Waals surface area contributed by atoms with E-state index in [2.05, 4.69) is 5.32 Å². The number of carbonyl (C=O) groups excluding carboxylic acids is 2. The van der Waals surface area contributed by atoms with Crippen LogP contribution in [-0.2, 0) is 4.79 Å². The maximum atomic E-state index is 11.8. The number of non-ortho nitro benzene ring substituents is 1. The van der Waals surface area contributed by atoms with Crippen molar-refractivity contribution in [2.75, 3.05) is 5.32 Å². The van der Waals surface area contributed by atoms with Gasteiger partial charge in [0.25, 0.3) is 11.6 Å². The van der Waals surface area contributed by atoms with Crippen molar-refractivity contribution >= 4 is 39.9 Å². The van der Waals surface area contributed by atoms with Crippen LogP contribution < -0.4 is 11.1 Å². The van der Waals surface area contributed by atoms with Gasteiger partial charge in [-0.05, 0) is 35.2 Å². The molecule has 0 aliphatic rings. The van der Waals surface area contributed by atoms with Crippen LogP contribution in [0.1, 0.15) is 15.9 Å². The molecule has 0 saturated carbocycles. The Kier molecular flexibility index (Phi) is 4.64. The molecule has 0 radical (unpaired) electrons. The lowest BCUT2D eigenvalue weighted by Crippen LogP contribution is -2.14. The first-order valence-electron chi connectivity index (χ1n) is 6.08. The summed E-state index contributed by atoms with van der Waals surface area (Å²) in [6, 6.07) is 7.29. The highest BCUT2D eigenvalue weighted by molar-refractivity contribution is 7.14. The van der Waals surface area contributed by atoms with Crippen molar-refractivity contribution in [3.05, 3.63) is 63.0 Å². The number of nitrogens with two attached hydrogens (primary N) is 1. The molecule has 0 atom stereocenters. The Hall–Kier alpha value is -3.00. The number of nitrogens with zero attached hydrogens (tertiary/aromatic N) is 1. The first kappa shape index (κ1) is 15.4. The van der Waals surface area contributed by atoms with E-state index in [1.165, 1.54) is 53.8 Å². The van der Waals surface area contributed by atoms with Gasteiger partial charge in [0.2, 0.25) is 5.91 Å². The smallest absolute Gasteiger partial charge is 0.269 e. The summed E-state index contributed by atoms with van der Waals surface area (Å²) in [4.78, 5) is 32.9. The molecule has 2 rings (SSSR count). The number of thiophene rings is 1. The molecule has 0 saturated heterocycles. The fraction of sp³-hybridized carbons (Fsp3) is 0. The molecule has 0 aliphatic heterocycles. The average Bonchev–Trinajstić information content (AvgIpc) is 2.94. The summed E-state index contributed by atoms with van der Waals surface area (Å²) in [7, 11) is 0. The van der Waals surface area contributed by atoms with Crippen molar-refractivity contribution in [1.29, 1.82) is 0 Å². The van der Waals surface area contributed by atoms with Gasteiger partial charge in [0.15, 0.2) is 0 Å². The Labute approximate surface area is 129 Å². The second kappa shape index (κ2) is 6.64. The Bertz CT molecular complexity index is 750. The standard InChI is InChI=1S/C14H11N3O4S/c15-13(19)11-7-8-22-14(11)16-12(18)6-3-9-1-4-10(5-2-9)17(20)21/h1-8H,(H2,15,19)(H,16,18)/b6-3+. The van der Waals surface area contributed by atoms with Crippen molar-refractivity contribution in [2.45, 2.75) is 0 Å². The Morgan fingerprint density at radius 1 is 1.23 bits per heavy atom. The molecule has 0 bridgehead atoms. The highest BCUT2D eigenvalue weighted by Crippen LogP contribution is 2.22. The van der Waals surface area contributed by atoms with E-state index in [9.17, 15) is 19.7 Å². The average molecular weight is 317 g/mol. The summed E-state index contributed by atoms with van der Waals surface area (Å²) in [6.45, 7) is 0. The molecule has 1 aromatic carbocycles. The van der Waals surface area contributed by atoms with Crippen molar-refractivity contribution in [2.24, 2.45) is 5.73 Å². The summed E-state index contributed by atoms with van der Waals surface area (Å²) in [5.41, 5.74) is 6.05. The minimum atomic E-state index is -0.615. The van der Waals surface area contributed by atoms with Crippen molar-refractivity contribution in [3.8, 4) is 0 Å². The second-order valence-corrected chi connectivity index (χ2v) is 5.11. The molecule has 112 valence electrons. The fourth-order valence-corrected chi connectivity index (χ4v) is 2.43. The Balaban J connectivity index is 2.03. The van der Waals surface area contributed by atoms with Crippen LogP contribution >= 0.6 is 11.3 Å². The van der Waals surface area contributed by atoms with Crippen molar-refractivity contribution in [3.63, 3.8) is 0 Å². The lowest BCUT2D eigenvalue weighted by Gasteiger charge is -2.00. The number of primary amides is 1. The number of rotatable bonds is 5. The molecule has 1 aromatic heterocycles. The maximum absolute atomic E-state index is 11.8. The minimum Gasteiger partial charge on any atom is -0.366 e. The predicted molar refractivity (Wildman–Crippen MR) is 83.6 cm³/mol. The summed E-state index contributed by atoms with van der Waals surface area (Å²) < 4.78 is 0. The number of hydrogen-bond acceptors (Lipinski definition) is 5. The molecule has 7 nitrogen and oxygen atoms in total. The molecular weight excluding hydrogens is 306 g/mol. The number of nitro groups is 1. The van der Waals surface area contributed by atoms with E-state index >= 15 is 0 Å². The van der Waals surface area contributed by atoms with Crippen LogP contribution in [0.3, 0.4) is 0 Å². The highest BCUT2D eigenvalue weighted by Gasteiger charge is 2.11. The number of amides is 2. The zero-order chi connectivity index (χ0) is 16.1. The number of anilines is 1. The molecule has 3 N–H and O–H groups in total. The van der Waals surface area contributed by atoms with E-state index in [0.29, 0.717) is 10.6 Å². The summed E-state index contributed by atoms with van der Waals surface area (Å²) >= 11 is 1.19. The number of hydrogen-bond donors (Lipinski definition) is 2. The zero-order valence-electron chi connectivity index (χ0n) is 11.2. The second-order valence-electron chi connectivity index (χ2n) is 4.20. The van der Waals surface area contributed by atoms with Crippen LogP contribution in [0.2, 0.25) is 0 Å². The van der Waals surface area contributed by atoms with Crippen molar-refractivity contribution in [1.82, 2.24) is 0 Å². The number of nitro benzene ring substituents is 1. The van der Waals surface area contributed by atoms with E-state index in [-0.39, 0.29) is 11.3 Å². The van der Waals surface area contributed by atoms with Gasteiger partial charge in [-0.1, -0.05) is 0 Å². The zero-order valence-corrected chi connectivity index (χ0v) is 12.0. The van der Waals surface area contributed by atoms with Crippen LogP contribution in [0.5, 0.6) is 0 Å². The first-order valence-corrected chi connectivity index (χ1v) is 6.96. The molecular formula is C14H11N3O4S. The van der Waals surface area contributed by atoms with E-state index in [4.69, 9.17) is 5.73 Å². The SMILES string of the molecule is NC(=O)c1ccsc1NC(=O)/C=C/c1ccc([N+](=O)[O-])cc1. The van der Waals surface area contributed by atoms with Crippen LogP contribution in [0.4, 0.5) is 10.7 Å². The first-order chi connectivity index (χ1) is 10.5. The van der Waals surface area contributed by atoms with Crippen molar-refractivity contribution < 1.29 is 14.5 Å². The lowest BCUT2D eigenvalue weighted by atomic mass is 10.2. The summed E-state index contributed by atoms with van der Waals surface area (Å²) in [5, 5.41) is 15.1. The molecule has 2 amide bonds. The largest absolute Gasteiger partial charge is 0.366 e. The Morgan fingerprint density at radius 3 is 2.50 bits per heavy atom. The van der Waals surface area contributed by atoms with Gasteiger partial charge in [-0.15, -0.1) is 11.3 Å². The fourth-order valence-electron chi connectivity index (χ4n) is 1.63. The number of nitrogens with one attached hydrogen (secondary N) is 1. The van der Waals surface area contributed by atoms with Gasteiger partial charge in [0.1, 0.15) is 5.00 Å².